The molecule has 1 aliphatic rings. The molecule has 0 unspecified atom stereocenters. The number of carbonyl (C=O) groups is 2. The first kappa shape index (κ1) is 23.0. The molecule has 2 atom stereocenters. The number of hydrogen-bond donors (Lipinski definition) is 2. The molecule has 0 radical (unpaired) electrons. The number of carbonyl (C=O) groups excluding carboxylic acids is 2. The molecule has 0 bridgehead atoms. The Labute approximate surface area is 184 Å². The van der Waals surface area contributed by atoms with E-state index in [1.807, 2.05) is 64.1 Å². The second-order valence-electron chi connectivity index (χ2n) is 8.74. The lowest BCUT2D eigenvalue weighted by Crippen LogP contribution is -2.25. The number of nitrogens with one attached hydrogen (secondary N) is 2. The molecule has 1 heterocycles. The minimum Gasteiger partial charge on any atom is -0.326 e. The fourth-order valence-electron chi connectivity index (χ4n) is 4.06. The summed E-state index contributed by atoms with van der Waals surface area (Å²) in [4.78, 5) is 25.3. The first-order valence-corrected chi connectivity index (χ1v) is 12.3. The van der Waals surface area contributed by atoms with E-state index in [1.165, 1.54) is 0 Å². The third-order valence-electron chi connectivity index (χ3n) is 5.83. The van der Waals surface area contributed by atoms with Crippen molar-refractivity contribution in [3.05, 3.63) is 58.7 Å². The Bertz CT molecular complexity index is 1030. The van der Waals surface area contributed by atoms with Crippen LogP contribution in [0, 0.1) is 39.5 Å². The van der Waals surface area contributed by atoms with Crippen LogP contribution in [0.1, 0.15) is 35.1 Å². The number of rotatable bonds is 6. The second kappa shape index (κ2) is 9.22. The maximum absolute atomic E-state index is 12.6. The molecule has 2 aromatic carbocycles. The van der Waals surface area contributed by atoms with Crippen molar-refractivity contribution in [1.29, 1.82) is 0 Å². The monoisotopic (exact) mass is 442 g/mol. The summed E-state index contributed by atoms with van der Waals surface area (Å²) in [7, 11) is -3.27. The summed E-state index contributed by atoms with van der Waals surface area (Å²) in [6.45, 7) is 7.72. The van der Waals surface area contributed by atoms with Gasteiger partial charge in [0.2, 0.25) is 11.8 Å². The van der Waals surface area contributed by atoms with Crippen LogP contribution in [-0.2, 0) is 19.4 Å². The quantitative estimate of drug-likeness (QED) is 0.709. The summed E-state index contributed by atoms with van der Waals surface area (Å²) in [6.07, 6.45) is 0.155. The fourth-order valence-corrected chi connectivity index (χ4v) is 6.28. The van der Waals surface area contributed by atoms with Gasteiger partial charge in [0.25, 0.3) is 0 Å². The summed E-state index contributed by atoms with van der Waals surface area (Å²) in [5, 5.41) is 5.80. The lowest BCUT2D eigenvalue weighted by molar-refractivity contribution is -0.119. The third-order valence-corrected chi connectivity index (χ3v) is 7.70. The van der Waals surface area contributed by atoms with Gasteiger partial charge in [-0.25, -0.2) is 8.42 Å². The number of anilines is 2. The Morgan fingerprint density at radius 2 is 1.16 bits per heavy atom. The number of amides is 2. The van der Waals surface area contributed by atoms with E-state index < -0.39 is 9.84 Å². The molecule has 0 aromatic heterocycles. The van der Waals surface area contributed by atoms with E-state index in [0.717, 1.165) is 33.6 Å². The van der Waals surface area contributed by atoms with Gasteiger partial charge in [0.15, 0.2) is 9.84 Å². The number of aryl methyl sites for hydroxylation is 4. The zero-order valence-corrected chi connectivity index (χ0v) is 19.3. The first-order valence-electron chi connectivity index (χ1n) is 10.5. The molecule has 0 aliphatic carbocycles. The number of benzene rings is 2. The Morgan fingerprint density at radius 1 is 0.774 bits per heavy atom. The van der Waals surface area contributed by atoms with E-state index in [9.17, 15) is 18.0 Å². The van der Waals surface area contributed by atoms with E-state index in [0.29, 0.717) is 0 Å². The van der Waals surface area contributed by atoms with Crippen LogP contribution in [0.15, 0.2) is 36.4 Å². The summed E-state index contributed by atoms with van der Waals surface area (Å²) >= 11 is 0. The number of hydrogen-bond acceptors (Lipinski definition) is 4. The molecular formula is C24H30N2O4S. The SMILES string of the molecule is Cc1ccc(C)c(NC(=O)C[C@@H]2CS(=O)(=O)C[C@H]2CC(=O)Nc2cc(C)ccc2C)c1. The van der Waals surface area contributed by atoms with Crippen molar-refractivity contribution in [1.82, 2.24) is 0 Å². The molecule has 0 saturated carbocycles. The highest BCUT2D eigenvalue weighted by Gasteiger charge is 2.39. The van der Waals surface area contributed by atoms with E-state index in [-0.39, 0.29) is 48.0 Å². The highest BCUT2D eigenvalue weighted by Crippen LogP contribution is 2.32. The van der Waals surface area contributed by atoms with Crippen LogP contribution in [-0.4, -0.2) is 31.7 Å². The van der Waals surface area contributed by atoms with Gasteiger partial charge in [0.1, 0.15) is 0 Å². The van der Waals surface area contributed by atoms with E-state index in [2.05, 4.69) is 10.6 Å². The molecule has 31 heavy (non-hydrogen) atoms. The van der Waals surface area contributed by atoms with Crippen LogP contribution in [0.2, 0.25) is 0 Å². The number of sulfone groups is 1. The van der Waals surface area contributed by atoms with Gasteiger partial charge < -0.3 is 10.6 Å². The third kappa shape index (κ3) is 6.17. The van der Waals surface area contributed by atoms with Gasteiger partial charge in [-0.15, -0.1) is 0 Å². The molecule has 2 aromatic rings. The van der Waals surface area contributed by atoms with Gasteiger partial charge in [0.05, 0.1) is 11.5 Å². The summed E-state index contributed by atoms with van der Waals surface area (Å²) in [6, 6.07) is 11.6. The van der Waals surface area contributed by atoms with Gasteiger partial charge >= 0.3 is 0 Å². The van der Waals surface area contributed by atoms with Crippen LogP contribution in [0.4, 0.5) is 11.4 Å². The zero-order valence-electron chi connectivity index (χ0n) is 18.5. The summed E-state index contributed by atoms with van der Waals surface area (Å²) in [5.41, 5.74) is 5.42. The van der Waals surface area contributed by atoms with Crippen LogP contribution < -0.4 is 10.6 Å². The average molecular weight is 443 g/mol. The molecule has 2 amide bonds. The normalized spacial score (nSPS) is 19.7. The van der Waals surface area contributed by atoms with Crippen molar-refractivity contribution in [3.63, 3.8) is 0 Å². The highest BCUT2D eigenvalue weighted by molar-refractivity contribution is 7.91. The van der Waals surface area contributed by atoms with Crippen molar-refractivity contribution < 1.29 is 18.0 Å². The molecule has 1 fully saturated rings. The van der Waals surface area contributed by atoms with Crippen LogP contribution in [0.5, 0.6) is 0 Å². The zero-order chi connectivity index (χ0) is 22.8. The van der Waals surface area contributed by atoms with E-state index in [4.69, 9.17) is 0 Å². The first-order chi connectivity index (χ1) is 14.5. The van der Waals surface area contributed by atoms with Gasteiger partial charge in [-0.05, 0) is 73.9 Å². The molecule has 3 rings (SSSR count). The smallest absolute Gasteiger partial charge is 0.224 e. The highest BCUT2D eigenvalue weighted by atomic mass is 32.2. The van der Waals surface area contributed by atoms with Crippen LogP contribution in [0.3, 0.4) is 0 Å². The van der Waals surface area contributed by atoms with Crippen molar-refractivity contribution in [3.8, 4) is 0 Å². The second-order valence-corrected chi connectivity index (χ2v) is 10.9. The molecule has 7 heteroatoms. The Kier molecular flexibility index (Phi) is 6.84. The lowest BCUT2D eigenvalue weighted by atomic mass is 9.89. The maximum atomic E-state index is 12.6. The fraction of sp³-hybridized carbons (Fsp3) is 0.417. The van der Waals surface area contributed by atoms with E-state index >= 15 is 0 Å². The van der Waals surface area contributed by atoms with E-state index in [1.54, 1.807) is 0 Å². The minimum atomic E-state index is -3.27. The van der Waals surface area contributed by atoms with Gasteiger partial charge in [-0.2, -0.15) is 0 Å². The van der Waals surface area contributed by atoms with Crippen molar-refractivity contribution in [2.45, 2.75) is 40.5 Å². The maximum Gasteiger partial charge on any atom is 0.224 e. The molecule has 0 spiro atoms. The minimum absolute atomic E-state index is 0.0609. The lowest BCUT2D eigenvalue weighted by Gasteiger charge is -2.18. The predicted molar refractivity (Wildman–Crippen MR) is 124 cm³/mol. The molecule has 1 saturated heterocycles. The van der Waals surface area contributed by atoms with Crippen molar-refractivity contribution >= 4 is 33.0 Å². The molecule has 2 N–H and O–H groups in total. The molecule has 6 nitrogen and oxygen atoms in total. The van der Waals surface area contributed by atoms with Gasteiger partial charge in [0, 0.05) is 24.2 Å². The summed E-state index contributed by atoms with van der Waals surface area (Å²) in [5.74, 6) is -1.33. The Morgan fingerprint density at radius 3 is 1.55 bits per heavy atom. The molecule has 166 valence electrons. The predicted octanol–water partition coefficient (Wildman–Crippen LogP) is 3.94. The van der Waals surface area contributed by atoms with Crippen LogP contribution >= 0.6 is 0 Å². The Hall–Kier alpha value is -2.67. The van der Waals surface area contributed by atoms with Crippen LogP contribution in [0.25, 0.3) is 0 Å². The average Bonchev–Trinajstić information content (AvgIpc) is 2.94. The largest absolute Gasteiger partial charge is 0.326 e. The summed E-state index contributed by atoms with van der Waals surface area (Å²) < 4.78 is 24.5. The van der Waals surface area contributed by atoms with Gasteiger partial charge in [-0.1, -0.05) is 24.3 Å². The van der Waals surface area contributed by atoms with Gasteiger partial charge in [-0.3, -0.25) is 9.59 Å². The molecular weight excluding hydrogens is 412 g/mol. The standard InChI is InChI=1S/C24H30N2O4S/c1-15-5-7-17(3)21(9-15)25-23(27)11-19-13-31(29,30)14-20(19)12-24(28)26-22-10-16(2)6-8-18(22)4/h5-10,19-20H,11-14H2,1-4H3,(H,25,27)(H,26,28)/t19-,20-/m1/s1. The van der Waals surface area contributed by atoms with Crippen molar-refractivity contribution in [2.24, 2.45) is 11.8 Å². The molecule has 1 aliphatic heterocycles. The topological polar surface area (TPSA) is 92.3 Å². The Balaban J connectivity index is 1.66. The van der Waals surface area contributed by atoms with Crippen molar-refractivity contribution in [2.75, 3.05) is 22.1 Å².